The minimum Gasteiger partial charge on any atom is -0.369 e. The Morgan fingerprint density at radius 3 is 2.63 bits per heavy atom. The van der Waals surface area contributed by atoms with E-state index in [0.717, 1.165) is 42.5 Å². The van der Waals surface area contributed by atoms with Gasteiger partial charge >= 0.3 is 0 Å². The van der Waals surface area contributed by atoms with Gasteiger partial charge in [0.15, 0.2) is 0 Å². The number of hydrogen-bond donors (Lipinski definition) is 0. The molecular formula is C15H22Cl2N2. The molecule has 4 heteroatoms. The van der Waals surface area contributed by atoms with Crippen molar-refractivity contribution >= 4 is 28.9 Å². The molecule has 0 radical (unpaired) electrons. The average molecular weight is 301 g/mol. The zero-order valence-corrected chi connectivity index (χ0v) is 13.2. The van der Waals surface area contributed by atoms with Crippen molar-refractivity contribution in [1.29, 1.82) is 0 Å². The molecule has 106 valence electrons. The Labute approximate surface area is 126 Å². The standard InChI is InChI=1S/C15H22Cl2N2/c1-3-18(4-2)13-7-8-19(11-13)15-6-5-12(10-16)9-14(15)17/h5-6,9,13H,3-4,7-8,10-11H2,1-2H3. The van der Waals surface area contributed by atoms with Crippen LogP contribution in [-0.4, -0.2) is 37.1 Å². The molecule has 1 saturated heterocycles. The topological polar surface area (TPSA) is 6.48 Å². The van der Waals surface area contributed by atoms with E-state index in [-0.39, 0.29) is 0 Å². The van der Waals surface area contributed by atoms with Gasteiger partial charge in [-0.2, -0.15) is 0 Å². The van der Waals surface area contributed by atoms with Crippen LogP contribution in [0.5, 0.6) is 0 Å². The van der Waals surface area contributed by atoms with Crippen molar-refractivity contribution in [3.05, 3.63) is 28.8 Å². The summed E-state index contributed by atoms with van der Waals surface area (Å²) >= 11 is 12.2. The van der Waals surface area contributed by atoms with Crippen LogP contribution in [0, 0.1) is 0 Å². The van der Waals surface area contributed by atoms with Crippen molar-refractivity contribution in [1.82, 2.24) is 4.90 Å². The smallest absolute Gasteiger partial charge is 0.0642 e. The van der Waals surface area contributed by atoms with Crippen molar-refractivity contribution in [3.8, 4) is 0 Å². The number of halogens is 2. The van der Waals surface area contributed by atoms with E-state index >= 15 is 0 Å². The Balaban J connectivity index is 2.08. The van der Waals surface area contributed by atoms with Gasteiger partial charge in [-0.15, -0.1) is 11.6 Å². The second kappa shape index (κ2) is 6.83. The molecule has 1 aliphatic heterocycles. The summed E-state index contributed by atoms with van der Waals surface area (Å²) < 4.78 is 0. The fraction of sp³-hybridized carbons (Fsp3) is 0.600. The van der Waals surface area contributed by atoms with Crippen LogP contribution in [0.4, 0.5) is 5.69 Å². The number of hydrogen-bond acceptors (Lipinski definition) is 2. The molecule has 1 fully saturated rings. The normalized spacial score (nSPS) is 19.4. The van der Waals surface area contributed by atoms with E-state index in [1.165, 1.54) is 6.42 Å². The molecule has 0 N–H and O–H groups in total. The number of rotatable bonds is 5. The van der Waals surface area contributed by atoms with E-state index in [9.17, 15) is 0 Å². The molecule has 0 spiro atoms. The molecular weight excluding hydrogens is 279 g/mol. The van der Waals surface area contributed by atoms with Gasteiger partial charge in [-0.1, -0.05) is 31.5 Å². The first-order chi connectivity index (χ1) is 9.19. The van der Waals surface area contributed by atoms with Crippen LogP contribution in [0.25, 0.3) is 0 Å². The summed E-state index contributed by atoms with van der Waals surface area (Å²) in [5.41, 5.74) is 2.22. The van der Waals surface area contributed by atoms with Gasteiger partial charge in [0.25, 0.3) is 0 Å². The Kier molecular flexibility index (Phi) is 5.37. The monoisotopic (exact) mass is 300 g/mol. The Morgan fingerprint density at radius 2 is 2.05 bits per heavy atom. The molecule has 0 aromatic heterocycles. The van der Waals surface area contributed by atoms with Gasteiger partial charge in [-0.3, -0.25) is 4.90 Å². The van der Waals surface area contributed by atoms with E-state index in [0.29, 0.717) is 11.9 Å². The van der Waals surface area contributed by atoms with Crippen LogP contribution < -0.4 is 4.90 Å². The third-order valence-corrected chi connectivity index (χ3v) is 4.61. The van der Waals surface area contributed by atoms with Gasteiger partial charge in [0.05, 0.1) is 10.7 Å². The highest BCUT2D eigenvalue weighted by molar-refractivity contribution is 6.33. The van der Waals surface area contributed by atoms with E-state index in [1.807, 2.05) is 6.07 Å². The number of alkyl halides is 1. The summed E-state index contributed by atoms with van der Waals surface area (Å²) in [5.74, 6) is 0.516. The minimum absolute atomic E-state index is 0.516. The molecule has 2 nitrogen and oxygen atoms in total. The fourth-order valence-electron chi connectivity index (χ4n) is 2.89. The highest BCUT2D eigenvalue weighted by Gasteiger charge is 2.27. The Bertz CT molecular complexity index is 419. The van der Waals surface area contributed by atoms with Crippen LogP contribution in [0.3, 0.4) is 0 Å². The lowest BCUT2D eigenvalue weighted by molar-refractivity contribution is 0.232. The van der Waals surface area contributed by atoms with E-state index < -0.39 is 0 Å². The summed E-state index contributed by atoms with van der Waals surface area (Å²) in [5, 5.41) is 0.818. The summed E-state index contributed by atoms with van der Waals surface area (Å²) in [6.45, 7) is 8.85. The van der Waals surface area contributed by atoms with Crippen molar-refractivity contribution < 1.29 is 0 Å². The van der Waals surface area contributed by atoms with Crippen LogP contribution in [-0.2, 0) is 5.88 Å². The third-order valence-electron chi connectivity index (χ3n) is 4.00. The predicted molar refractivity (Wildman–Crippen MR) is 84.5 cm³/mol. The van der Waals surface area contributed by atoms with Crippen molar-refractivity contribution in [2.75, 3.05) is 31.1 Å². The van der Waals surface area contributed by atoms with Gasteiger partial charge in [0.1, 0.15) is 0 Å². The van der Waals surface area contributed by atoms with Crippen molar-refractivity contribution in [2.45, 2.75) is 32.2 Å². The second-order valence-electron chi connectivity index (χ2n) is 5.03. The first-order valence-corrected chi connectivity index (χ1v) is 7.94. The lowest BCUT2D eigenvalue weighted by Crippen LogP contribution is -2.37. The highest BCUT2D eigenvalue weighted by atomic mass is 35.5. The lowest BCUT2D eigenvalue weighted by Gasteiger charge is -2.27. The molecule has 0 bridgehead atoms. The van der Waals surface area contributed by atoms with Gasteiger partial charge < -0.3 is 4.90 Å². The largest absolute Gasteiger partial charge is 0.369 e. The van der Waals surface area contributed by atoms with Crippen LogP contribution in [0.15, 0.2) is 18.2 Å². The zero-order valence-electron chi connectivity index (χ0n) is 11.7. The number of nitrogens with zero attached hydrogens (tertiary/aromatic N) is 2. The lowest BCUT2D eigenvalue weighted by atomic mass is 10.2. The third kappa shape index (κ3) is 3.36. The SMILES string of the molecule is CCN(CC)C1CCN(c2ccc(CCl)cc2Cl)C1. The van der Waals surface area contributed by atoms with Crippen LogP contribution in [0.1, 0.15) is 25.8 Å². The average Bonchev–Trinajstić information content (AvgIpc) is 2.89. The maximum absolute atomic E-state index is 6.37. The number of benzene rings is 1. The van der Waals surface area contributed by atoms with Gasteiger partial charge in [-0.25, -0.2) is 0 Å². The maximum Gasteiger partial charge on any atom is 0.0642 e. The summed E-state index contributed by atoms with van der Waals surface area (Å²) in [6, 6.07) is 6.80. The van der Waals surface area contributed by atoms with Crippen molar-refractivity contribution in [2.24, 2.45) is 0 Å². The zero-order chi connectivity index (χ0) is 13.8. The molecule has 0 saturated carbocycles. The molecule has 1 aliphatic rings. The molecule has 1 atom stereocenters. The first kappa shape index (κ1) is 15.0. The summed E-state index contributed by atoms with van der Waals surface area (Å²) in [4.78, 5) is 4.92. The maximum atomic E-state index is 6.37. The van der Waals surface area contributed by atoms with E-state index in [2.05, 4.69) is 35.8 Å². The van der Waals surface area contributed by atoms with Crippen molar-refractivity contribution in [3.63, 3.8) is 0 Å². The molecule has 2 rings (SSSR count). The van der Waals surface area contributed by atoms with Crippen LogP contribution >= 0.6 is 23.2 Å². The van der Waals surface area contributed by atoms with Gasteiger partial charge in [0, 0.05) is 25.0 Å². The van der Waals surface area contributed by atoms with E-state index in [4.69, 9.17) is 23.2 Å². The predicted octanol–water partition coefficient (Wildman–Crippen LogP) is 4.00. The van der Waals surface area contributed by atoms with Gasteiger partial charge in [-0.05, 0) is 37.2 Å². The molecule has 1 unspecified atom stereocenters. The molecule has 1 aromatic rings. The Morgan fingerprint density at radius 1 is 1.32 bits per heavy atom. The van der Waals surface area contributed by atoms with Gasteiger partial charge in [0.2, 0.25) is 0 Å². The molecule has 0 amide bonds. The fourth-order valence-corrected chi connectivity index (χ4v) is 3.38. The molecule has 19 heavy (non-hydrogen) atoms. The molecule has 0 aliphatic carbocycles. The van der Waals surface area contributed by atoms with Crippen LogP contribution in [0.2, 0.25) is 5.02 Å². The highest BCUT2D eigenvalue weighted by Crippen LogP contribution is 2.31. The Hall–Kier alpha value is -0.440. The first-order valence-electron chi connectivity index (χ1n) is 7.03. The number of likely N-dealkylation sites (N-methyl/N-ethyl adjacent to an activating group) is 1. The minimum atomic E-state index is 0.516. The summed E-state index contributed by atoms with van der Waals surface area (Å²) in [7, 11) is 0. The number of anilines is 1. The van der Waals surface area contributed by atoms with E-state index in [1.54, 1.807) is 0 Å². The quantitative estimate of drug-likeness (QED) is 0.759. The molecule has 1 aromatic carbocycles. The summed E-state index contributed by atoms with van der Waals surface area (Å²) in [6.07, 6.45) is 1.22. The molecule has 1 heterocycles. The second-order valence-corrected chi connectivity index (χ2v) is 5.70.